The Morgan fingerprint density at radius 2 is 1.79 bits per heavy atom. The Balaban J connectivity index is 2.80. The van der Waals surface area contributed by atoms with E-state index in [0.29, 0.717) is 23.4 Å². The van der Waals surface area contributed by atoms with Crippen molar-refractivity contribution >= 4 is 5.97 Å². The molecular weight excluding hydrogens is 313 g/mol. The number of ether oxygens (including phenoxy) is 2. The zero-order chi connectivity index (χ0) is 17.9. The highest BCUT2D eigenvalue weighted by molar-refractivity contribution is 5.93. The zero-order valence-corrected chi connectivity index (χ0v) is 14.2. The van der Waals surface area contributed by atoms with E-state index in [2.05, 4.69) is 0 Å². The van der Waals surface area contributed by atoms with Gasteiger partial charge in [0.15, 0.2) is 5.56 Å². The number of pyridine rings is 1. The smallest absolute Gasteiger partial charge is 0.347 e. The molecule has 2 aromatic rings. The Hall–Kier alpha value is -2.63. The Labute approximate surface area is 139 Å². The summed E-state index contributed by atoms with van der Waals surface area (Å²) in [7, 11) is 1.70. The Bertz CT molecular complexity index is 809. The quantitative estimate of drug-likeness (QED) is 0.789. The number of benzene rings is 1. The lowest BCUT2D eigenvalue weighted by Crippen LogP contribution is -2.25. The van der Waals surface area contributed by atoms with Gasteiger partial charge in [0.2, 0.25) is 11.3 Å². The summed E-state index contributed by atoms with van der Waals surface area (Å²) in [6, 6.07) is 5.56. The average molecular weight is 333 g/mol. The minimum Gasteiger partial charge on any atom is -0.478 e. The fourth-order valence-electron chi connectivity index (χ4n) is 2.52. The molecule has 0 radical (unpaired) electrons. The molecule has 0 unspecified atom stereocenters. The van der Waals surface area contributed by atoms with Crippen LogP contribution in [-0.4, -0.2) is 23.8 Å². The van der Waals surface area contributed by atoms with Crippen LogP contribution in [0.5, 0.6) is 5.88 Å². The maximum atomic E-state index is 13.2. The predicted molar refractivity (Wildman–Crippen MR) is 88.9 cm³/mol. The number of hydrogen-bond donors (Lipinski definition) is 0. The molecule has 1 heterocycles. The molecule has 6 heteroatoms. The average Bonchev–Trinajstić information content (AvgIpc) is 2.55. The first kappa shape index (κ1) is 17.7. The second-order valence-corrected chi connectivity index (χ2v) is 5.19. The summed E-state index contributed by atoms with van der Waals surface area (Å²) in [6.45, 7) is 5.63. The van der Waals surface area contributed by atoms with Gasteiger partial charge in [-0.1, -0.05) is 12.1 Å². The molecule has 24 heavy (non-hydrogen) atoms. The number of carbonyl (C=O) groups is 1. The highest BCUT2D eigenvalue weighted by atomic mass is 19.1. The third-order valence-electron chi connectivity index (χ3n) is 3.73. The van der Waals surface area contributed by atoms with Crippen LogP contribution in [0, 0.1) is 12.7 Å². The third kappa shape index (κ3) is 3.18. The minimum atomic E-state index is -0.732. The summed E-state index contributed by atoms with van der Waals surface area (Å²) in [5.41, 5.74) is 0.834. The first-order valence-corrected chi connectivity index (χ1v) is 7.71. The molecule has 0 saturated carbocycles. The van der Waals surface area contributed by atoms with Gasteiger partial charge in [-0.05, 0) is 38.5 Å². The van der Waals surface area contributed by atoms with Gasteiger partial charge in [0.1, 0.15) is 5.82 Å². The number of aromatic nitrogens is 1. The number of esters is 1. The minimum absolute atomic E-state index is 0.146. The molecule has 0 amide bonds. The van der Waals surface area contributed by atoms with Crippen molar-refractivity contribution < 1.29 is 18.7 Å². The van der Waals surface area contributed by atoms with Crippen LogP contribution >= 0.6 is 0 Å². The van der Waals surface area contributed by atoms with E-state index < -0.39 is 17.2 Å². The Kier molecular flexibility index (Phi) is 5.39. The standard InChI is InChI=1S/C18H20FNO4/c1-5-23-17-15(18(22)24-6-2)16(21)14(11(3)20(17)4)12-7-9-13(19)10-8-12/h7-10H,5-6H2,1-4H3. The van der Waals surface area contributed by atoms with Gasteiger partial charge in [0.25, 0.3) is 0 Å². The van der Waals surface area contributed by atoms with Gasteiger partial charge in [-0.15, -0.1) is 0 Å². The van der Waals surface area contributed by atoms with E-state index in [0.717, 1.165) is 0 Å². The molecule has 1 aromatic carbocycles. The number of nitrogens with zero attached hydrogens (tertiary/aromatic N) is 1. The zero-order valence-electron chi connectivity index (χ0n) is 14.2. The maximum Gasteiger partial charge on any atom is 0.347 e. The van der Waals surface area contributed by atoms with Gasteiger partial charge in [-0.25, -0.2) is 9.18 Å². The van der Waals surface area contributed by atoms with Crippen molar-refractivity contribution in [2.45, 2.75) is 20.8 Å². The summed E-state index contributed by atoms with van der Waals surface area (Å²) >= 11 is 0. The molecule has 0 aliphatic carbocycles. The first-order chi connectivity index (χ1) is 11.4. The molecule has 0 aliphatic heterocycles. The van der Waals surface area contributed by atoms with Gasteiger partial charge in [0, 0.05) is 18.3 Å². The van der Waals surface area contributed by atoms with E-state index in [9.17, 15) is 14.0 Å². The van der Waals surface area contributed by atoms with E-state index in [4.69, 9.17) is 9.47 Å². The molecule has 0 atom stereocenters. The molecule has 0 aliphatic rings. The van der Waals surface area contributed by atoms with Gasteiger partial charge in [-0.2, -0.15) is 0 Å². The third-order valence-corrected chi connectivity index (χ3v) is 3.73. The molecule has 5 nitrogen and oxygen atoms in total. The van der Waals surface area contributed by atoms with Crippen molar-refractivity contribution in [3.63, 3.8) is 0 Å². The second-order valence-electron chi connectivity index (χ2n) is 5.19. The summed E-state index contributed by atoms with van der Waals surface area (Å²) < 4.78 is 25.3. The van der Waals surface area contributed by atoms with Crippen LogP contribution in [0.2, 0.25) is 0 Å². The topological polar surface area (TPSA) is 57.5 Å². The van der Waals surface area contributed by atoms with Crippen LogP contribution in [0.3, 0.4) is 0 Å². The van der Waals surface area contributed by atoms with E-state index in [1.54, 1.807) is 32.4 Å². The summed E-state index contributed by atoms with van der Waals surface area (Å²) in [6.07, 6.45) is 0. The molecule has 2 rings (SSSR count). The van der Waals surface area contributed by atoms with Crippen molar-refractivity contribution in [3.8, 4) is 17.0 Å². The highest BCUT2D eigenvalue weighted by Gasteiger charge is 2.26. The van der Waals surface area contributed by atoms with E-state index >= 15 is 0 Å². The molecular formula is C18H20FNO4. The lowest BCUT2D eigenvalue weighted by molar-refractivity contribution is 0.0518. The van der Waals surface area contributed by atoms with Crippen molar-refractivity contribution in [2.24, 2.45) is 7.05 Å². The molecule has 128 valence electrons. The normalized spacial score (nSPS) is 10.5. The largest absolute Gasteiger partial charge is 0.478 e. The lowest BCUT2D eigenvalue weighted by atomic mass is 10.0. The van der Waals surface area contributed by atoms with Crippen LogP contribution < -0.4 is 10.2 Å². The maximum absolute atomic E-state index is 13.2. The Morgan fingerprint density at radius 1 is 1.17 bits per heavy atom. The monoisotopic (exact) mass is 333 g/mol. The number of halogens is 1. The summed E-state index contributed by atoms with van der Waals surface area (Å²) in [4.78, 5) is 25.2. The molecule has 0 spiro atoms. The number of rotatable bonds is 5. The molecule has 0 fully saturated rings. The number of hydrogen-bond acceptors (Lipinski definition) is 4. The SMILES string of the molecule is CCOC(=O)c1c(OCC)n(C)c(C)c(-c2ccc(F)cc2)c1=O. The van der Waals surface area contributed by atoms with Crippen LogP contribution in [0.1, 0.15) is 29.9 Å². The van der Waals surface area contributed by atoms with E-state index in [1.165, 1.54) is 24.3 Å². The van der Waals surface area contributed by atoms with Crippen molar-refractivity contribution in [1.82, 2.24) is 4.57 Å². The van der Waals surface area contributed by atoms with Gasteiger partial charge < -0.3 is 14.0 Å². The molecule has 0 bridgehead atoms. The number of carbonyl (C=O) groups excluding carboxylic acids is 1. The molecule has 0 N–H and O–H groups in total. The first-order valence-electron chi connectivity index (χ1n) is 7.71. The molecule has 0 saturated heterocycles. The van der Waals surface area contributed by atoms with Crippen LogP contribution in [0.25, 0.3) is 11.1 Å². The van der Waals surface area contributed by atoms with Crippen LogP contribution in [-0.2, 0) is 11.8 Å². The molecule has 1 aromatic heterocycles. The summed E-state index contributed by atoms with van der Waals surface area (Å²) in [5.74, 6) is -0.959. The van der Waals surface area contributed by atoms with E-state index in [1.807, 2.05) is 0 Å². The van der Waals surface area contributed by atoms with E-state index in [-0.39, 0.29) is 18.1 Å². The van der Waals surface area contributed by atoms with Crippen LogP contribution in [0.4, 0.5) is 4.39 Å². The van der Waals surface area contributed by atoms with Crippen molar-refractivity contribution in [1.29, 1.82) is 0 Å². The fraction of sp³-hybridized carbons (Fsp3) is 0.333. The lowest BCUT2D eigenvalue weighted by Gasteiger charge is -2.19. The van der Waals surface area contributed by atoms with Gasteiger partial charge in [-0.3, -0.25) is 4.79 Å². The van der Waals surface area contributed by atoms with Gasteiger partial charge in [0.05, 0.1) is 13.2 Å². The van der Waals surface area contributed by atoms with Gasteiger partial charge >= 0.3 is 5.97 Å². The fourth-order valence-corrected chi connectivity index (χ4v) is 2.52. The van der Waals surface area contributed by atoms with Crippen molar-refractivity contribution in [2.75, 3.05) is 13.2 Å². The second kappa shape index (κ2) is 7.29. The predicted octanol–water partition coefficient (Wildman–Crippen LogP) is 3.08. The van der Waals surface area contributed by atoms with Crippen LogP contribution in [0.15, 0.2) is 29.1 Å². The highest BCUT2D eigenvalue weighted by Crippen LogP contribution is 2.26. The van der Waals surface area contributed by atoms with Crippen molar-refractivity contribution in [3.05, 3.63) is 51.6 Å². The Morgan fingerprint density at radius 3 is 2.33 bits per heavy atom. The summed E-state index contributed by atoms with van der Waals surface area (Å²) in [5, 5.41) is 0.